The second-order valence-electron chi connectivity index (χ2n) is 5.89. The Balaban J connectivity index is 1.55. The van der Waals surface area contributed by atoms with Crippen molar-refractivity contribution in [3.05, 3.63) is 84.2 Å². The fourth-order valence-electron chi connectivity index (χ4n) is 2.51. The minimum absolute atomic E-state index is 0.266. The van der Waals surface area contributed by atoms with Crippen LogP contribution < -0.4 is 20.7 Å². The summed E-state index contributed by atoms with van der Waals surface area (Å²) in [5.74, 6) is 0.318. The van der Waals surface area contributed by atoms with E-state index < -0.39 is 0 Å². The number of rotatable bonds is 6. The lowest BCUT2D eigenvalue weighted by atomic mass is 10.2. The van der Waals surface area contributed by atoms with Crippen LogP contribution in [0, 0.1) is 0 Å². The molecule has 7 heteroatoms. The van der Waals surface area contributed by atoms with Crippen LogP contribution in [0.2, 0.25) is 0 Å². The molecule has 0 fully saturated rings. The van der Waals surface area contributed by atoms with Crippen molar-refractivity contribution in [1.29, 1.82) is 0 Å². The molecule has 3 aromatic rings. The van der Waals surface area contributed by atoms with E-state index in [0.29, 0.717) is 29.2 Å². The summed E-state index contributed by atoms with van der Waals surface area (Å²) < 4.78 is 5.23. The quantitative estimate of drug-likeness (QED) is 0.612. The van der Waals surface area contributed by atoms with Crippen molar-refractivity contribution in [3.63, 3.8) is 0 Å². The first-order valence-electron chi connectivity index (χ1n) is 8.64. The molecule has 1 aromatic heterocycles. The third-order valence-corrected chi connectivity index (χ3v) is 3.96. The third-order valence-electron chi connectivity index (χ3n) is 3.96. The van der Waals surface area contributed by atoms with E-state index in [1.165, 1.54) is 0 Å². The molecule has 0 unspecified atom stereocenters. The van der Waals surface area contributed by atoms with Crippen LogP contribution in [-0.2, 0) is 6.54 Å². The second kappa shape index (κ2) is 9.18. The fraction of sp³-hybridized carbons (Fsp3) is 0.0952. The molecule has 0 aliphatic heterocycles. The Hall–Kier alpha value is -3.87. The fourth-order valence-corrected chi connectivity index (χ4v) is 2.51. The monoisotopic (exact) mass is 376 g/mol. The lowest BCUT2D eigenvalue weighted by molar-refractivity contribution is 0.102. The molecule has 0 spiro atoms. The number of urea groups is 1. The van der Waals surface area contributed by atoms with Gasteiger partial charge in [0.2, 0.25) is 0 Å². The summed E-state index contributed by atoms with van der Waals surface area (Å²) in [5, 5.41) is 8.30. The van der Waals surface area contributed by atoms with E-state index in [1.54, 1.807) is 55.9 Å². The van der Waals surface area contributed by atoms with Crippen LogP contribution in [-0.4, -0.2) is 24.0 Å². The van der Waals surface area contributed by atoms with Crippen molar-refractivity contribution in [3.8, 4) is 5.75 Å². The number of benzene rings is 2. The van der Waals surface area contributed by atoms with Crippen LogP contribution >= 0.6 is 0 Å². The normalized spacial score (nSPS) is 10.0. The molecule has 0 aliphatic rings. The summed E-state index contributed by atoms with van der Waals surface area (Å²) in [4.78, 5) is 28.3. The number of para-hydroxylation sites is 2. The number of methoxy groups -OCH3 is 1. The predicted octanol–water partition coefficient (Wildman–Crippen LogP) is 3.66. The molecule has 3 rings (SSSR count). The summed E-state index contributed by atoms with van der Waals surface area (Å²) in [6, 6.07) is 17.1. The number of pyridine rings is 1. The highest BCUT2D eigenvalue weighted by atomic mass is 16.5. The minimum Gasteiger partial charge on any atom is -0.495 e. The Bertz CT molecular complexity index is 943. The first kappa shape index (κ1) is 18.9. The minimum atomic E-state index is -0.331. The number of amides is 3. The first-order chi connectivity index (χ1) is 13.7. The number of aromatic nitrogens is 1. The van der Waals surface area contributed by atoms with Gasteiger partial charge in [0.05, 0.1) is 12.8 Å². The van der Waals surface area contributed by atoms with E-state index in [2.05, 4.69) is 20.9 Å². The molecular formula is C21H20N4O3. The van der Waals surface area contributed by atoms with Crippen LogP contribution in [0.4, 0.5) is 16.2 Å². The van der Waals surface area contributed by atoms with Crippen LogP contribution in [0.15, 0.2) is 73.1 Å². The summed E-state index contributed by atoms with van der Waals surface area (Å²) in [5.41, 5.74) is 2.59. The highest BCUT2D eigenvalue weighted by molar-refractivity contribution is 6.05. The zero-order chi connectivity index (χ0) is 19.8. The van der Waals surface area contributed by atoms with E-state index in [1.807, 2.05) is 24.3 Å². The van der Waals surface area contributed by atoms with Crippen LogP contribution in [0.1, 0.15) is 15.9 Å². The summed E-state index contributed by atoms with van der Waals surface area (Å²) in [6.07, 6.45) is 3.34. The van der Waals surface area contributed by atoms with Crippen molar-refractivity contribution < 1.29 is 14.3 Å². The number of ether oxygens (including phenoxy) is 1. The molecule has 3 amide bonds. The van der Waals surface area contributed by atoms with E-state index in [0.717, 1.165) is 5.56 Å². The topological polar surface area (TPSA) is 92.4 Å². The van der Waals surface area contributed by atoms with Crippen molar-refractivity contribution >= 4 is 23.3 Å². The number of carbonyl (C=O) groups is 2. The van der Waals surface area contributed by atoms with Crippen molar-refractivity contribution in [2.45, 2.75) is 6.54 Å². The maximum atomic E-state index is 12.4. The number of nitrogens with zero attached hydrogens (tertiary/aromatic N) is 1. The smallest absolute Gasteiger partial charge is 0.319 e. The molecule has 0 saturated heterocycles. The number of anilines is 2. The maximum Gasteiger partial charge on any atom is 0.319 e. The van der Waals surface area contributed by atoms with Gasteiger partial charge in [0.25, 0.3) is 5.91 Å². The molecule has 1 heterocycles. The molecule has 28 heavy (non-hydrogen) atoms. The number of nitrogens with one attached hydrogen (secondary N) is 3. The van der Waals surface area contributed by atoms with Gasteiger partial charge in [-0.15, -0.1) is 0 Å². The van der Waals surface area contributed by atoms with Gasteiger partial charge in [0.15, 0.2) is 0 Å². The number of carbonyl (C=O) groups excluding carboxylic acids is 2. The Morgan fingerprint density at radius 2 is 1.64 bits per heavy atom. The van der Waals surface area contributed by atoms with Gasteiger partial charge in [-0.3, -0.25) is 9.78 Å². The van der Waals surface area contributed by atoms with Crippen molar-refractivity contribution in [2.75, 3.05) is 17.7 Å². The summed E-state index contributed by atoms with van der Waals surface area (Å²) in [6.45, 7) is 0.397. The summed E-state index contributed by atoms with van der Waals surface area (Å²) in [7, 11) is 1.55. The van der Waals surface area contributed by atoms with Gasteiger partial charge in [-0.05, 0) is 54.1 Å². The molecule has 142 valence electrons. The van der Waals surface area contributed by atoms with Gasteiger partial charge in [-0.25, -0.2) is 4.79 Å². The molecule has 2 aromatic carbocycles. The van der Waals surface area contributed by atoms with Crippen molar-refractivity contribution in [1.82, 2.24) is 10.3 Å². The molecule has 0 saturated carbocycles. The van der Waals surface area contributed by atoms with Crippen molar-refractivity contribution in [2.24, 2.45) is 0 Å². The Morgan fingerprint density at radius 1 is 0.929 bits per heavy atom. The summed E-state index contributed by atoms with van der Waals surface area (Å²) >= 11 is 0. The van der Waals surface area contributed by atoms with Gasteiger partial charge in [-0.1, -0.05) is 12.1 Å². The first-order valence-corrected chi connectivity index (χ1v) is 8.64. The number of hydrogen-bond donors (Lipinski definition) is 3. The predicted molar refractivity (Wildman–Crippen MR) is 107 cm³/mol. The van der Waals surface area contributed by atoms with Crippen LogP contribution in [0.25, 0.3) is 0 Å². The Labute approximate surface area is 162 Å². The average Bonchev–Trinajstić information content (AvgIpc) is 2.74. The van der Waals surface area contributed by atoms with E-state index in [4.69, 9.17) is 4.74 Å². The molecule has 7 nitrogen and oxygen atoms in total. The highest BCUT2D eigenvalue weighted by Crippen LogP contribution is 2.23. The third kappa shape index (κ3) is 5.07. The average molecular weight is 376 g/mol. The standard InChI is InChI=1S/C21H20N4O3/c1-28-19-5-3-2-4-18(19)25-20(26)16-6-8-17(9-7-16)24-21(27)23-14-15-10-12-22-13-11-15/h2-13H,14H2,1H3,(H,25,26)(H2,23,24,27). The van der Waals surface area contributed by atoms with Gasteiger partial charge < -0.3 is 20.7 Å². The molecule has 0 aliphatic carbocycles. The maximum absolute atomic E-state index is 12.4. The van der Waals surface area contributed by atoms with E-state index in [-0.39, 0.29) is 11.9 Å². The van der Waals surface area contributed by atoms with Gasteiger partial charge in [0.1, 0.15) is 5.75 Å². The van der Waals surface area contributed by atoms with Crippen LogP contribution in [0.5, 0.6) is 5.75 Å². The van der Waals surface area contributed by atoms with Gasteiger partial charge in [0, 0.05) is 30.2 Å². The lowest BCUT2D eigenvalue weighted by Crippen LogP contribution is -2.28. The van der Waals surface area contributed by atoms with Gasteiger partial charge >= 0.3 is 6.03 Å². The SMILES string of the molecule is COc1ccccc1NC(=O)c1ccc(NC(=O)NCc2ccncc2)cc1. The molecule has 3 N–H and O–H groups in total. The molecule has 0 atom stereocenters. The highest BCUT2D eigenvalue weighted by Gasteiger charge is 2.10. The Morgan fingerprint density at radius 3 is 2.36 bits per heavy atom. The molecule has 0 bridgehead atoms. The largest absolute Gasteiger partial charge is 0.495 e. The Kier molecular flexibility index (Phi) is 6.20. The zero-order valence-corrected chi connectivity index (χ0v) is 15.3. The molecular weight excluding hydrogens is 356 g/mol. The van der Waals surface area contributed by atoms with Crippen LogP contribution in [0.3, 0.4) is 0 Å². The molecule has 0 radical (unpaired) electrons. The number of hydrogen-bond acceptors (Lipinski definition) is 4. The zero-order valence-electron chi connectivity index (χ0n) is 15.3. The second-order valence-corrected chi connectivity index (χ2v) is 5.89. The van der Waals surface area contributed by atoms with Gasteiger partial charge in [-0.2, -0.15) is 0 Å². The van der Waals surface area contributed by atoms with E-state index in [9.17, 15) is 9.59 Å². The van der Waals surface area contributed by atoms with E-state index >= 15 is 0 Å². The lowest BCUT2D eigenvalue weighted by Gasteiger charge is -2.11.